The van der Waals surface area contributed by atoms with Crippen LogP contribution in [0, 0.1) is 5.82 Å². The normalized spacial score (nSPS) is 10.2. The molecule has 0 aromatic heterocycles. The number of rotatable bonds is 4. The minimum atomic E-state index is -1.10. The predicted octanol–water partition coefficient (Wildman–Crippen LogP) is 3.13. The van der Waals surface area contributed by atoms with E-state index in [1.807, 2.05) is 0 Å². The van der Waals surface area contributed by atoms with Crippen LogP contribution in [0.1, 0.15) is 20.7 Å². The van der Waals surface area contributed by atoms with Crippen LogP contribution in [0.3, 0.4) is 0 Å². The lowest BCUT2D eigenvalue weighted by molar-refractivity contribution is 0.0695. The average Bonchev–Trinajstić information content (AvgIpc) is 2.42. The molecule has 0 aliphatic heterocycles. The van der Waals surface area contributed by atoms with Crippen molar-refractivity contribution in [1.82, 2.24) is 0 Å². The summed E-state index contributed by atoms with van der Waals surface area (Å²) in [6.45, 7) is 0. The Morgan fingerprint density at radius 1 is 1.14 bits per heavy atom. The van der Waals surface area contributed by atoms with Gasteiger partial charge in [-0.3, -0.25) is 4.79 Å². The Kier molecular flexibility index (Phi) is 4.23. The van der Waals surface area contributed by atoms with Crippen LogP contribution in [0.25, 0.3) is 0 Å². The van der Waals surface area contributed by atoms with Crippen LogP contribution < -0.4 is 11.1 Å². The number of carbonyl (C=O) groups excluding carboxylic acids is 1. The highest BCUT2D eigenvalue weighted by Gasteiger charge is 2.12. The number of hydrogen-bond acceptors (Lipinski definition) is 3. The molecule has 0 saturated heterocycles. The fourth-order valence-electron chi connectivity index (χ4n) is 1.75. The Labute approximate surface area is 127 Å². The second-order valence-corrected chi connectivity index (χ2v) is 5.03. The first-order valence-corrected chi connectivity index (χ1v) is 6.57. The Hall–Kier alpha value is -2.41. The molecule has 2 aromatic rings. The largest absolute Gasteiger partial charge is 0.478 e. The molecule has 0 atom stereocenters. The van der Waals surface area contributed by atoms with Crippen LogP contribution in [0.2, 0.25) is 0 Å². The van der Waals surface area contributed by atoms with Gasteiger partial charge in [0, 0.05) is 10.2 Å². The van der Waals surface area contributed by atoms with Gasteiger partial charge in [0.25, 0.3) is 5.91 Å². The Bertz CT molecular complexity index is 734. The molecule has 0 saturated carbocycles. The zero-order valence-corrected chi connectivity index (χ0v) is 12.1. The molecule has 1 amide bonds. The van der Waals surface area contributed by atoms with E-state index in [1.165, 1.54) is 18.2 Å². The van der Waals surface area contributed by atoms with E-state index < -0.39 is 17.7 Å². The summed E-state index contributed by atoms with van der Waals surface area (Å²) in [5, 5.41) is 11.9. The van der Waals surface area contributed by atoms with Gasteiger partial charge in [-0.05, 0) is 52.3 Å². The van der Waals surface area contributed by atoms with E-state index in [0.29, 0.717) is 15.8 Å². The summed E-state index contributed by atoms with van der Waals surface area (Å²) >= 11 is 3.13. The number of carboxylic acid groups (broad SMARTS) is 1. The molecule has 5 nitrogen and oxygen atoms in total. The van der Waals surface area contributed by atoms with Crippen LogP contribution in [0.15, 0.2) is 40.9 Å². The van der Waals surface area contributed by atoms with Gasteiger partial charge in [-0.1, -0.05) is 0 Å². The first-order chi connectivity index (χ1) is 9.88. The predicted molar refractivity (Wildman–Crippen MR) is 79.3 cm³/mol. The fourth-order valence-corrected chi connectivity index (χ4v) is 2.17. The Balaban J connectivity index is 2.41. The van der Waals surface area contributed by atoms with Gasteiger partial charge in [-0.25, -0.2) is 9.18 Å². The van der Waals surface area contributed by atoms with Crippen molar-refractivity contribution in [1.29, 1.82) is 0 Å². The van der Waals surface area contributed by atoms with Gasteiger partial charge in [0.15, 0.2) is 0 Å². The summed E-state index contributed by atoms with van der Waals surface area (Å²) in [4.78, 5) is 22.4. The summed E-state index contributed by atoms with van der Waals surface area (Å²) in [7, 11) is 0. The average molecular weight is 353 g/mol. The maximum Gasteiger partial charge on any atom is 0.336 e. The van der Waals surface area contributed by atoms with Crippen molar-refractivity contribution in [3.63, 3.8) is 0 Å². The molecule has 0 aliphatic carbocycles. The number of hydrogen-bond donors (Lipinski definition) is 3. The maximum absolute atomic E-state index is 13.1. The van der Waals surface area contributed by atoms with Crippen molar-refractivity contribution in [2.24, 2.45) is 5.73 Å². The third-order valence-electron chi connectivity index (χ3n) is 2.72. The number of carboxylic acids is 1. The van der Waals surface area contributed by atoms with Crippen LogP contribution in [-0.4, -0.2) is 17.0 Å². The lowest BCUT2D eigenvalue weighted by Crippen LogP contribution is -2.13. The third kappa shape index (κ3) is 3.38. The lowest BCUT2D eigenvalue weighted by Gasteiger charge is -2.11. The quantitative estimate of drug-likeness (QED) is 0.787. The van der Waals surface area contributed by atoms with Gasteiger partial charge in [-0.2, -0.15) is 0 Å². The summed E-state index contributed by atoms with van der Waals surface area (Å²) < 4.78 is 13.6. The van der Waals surface area contributed by atoms with Gasteiger partial charge in [-0.15, -0.1) is 0 Å². The highest BCUT2D eigenvalue weighted by molar-refractivity contribution is 9.10. The molecule has 0 fully saturated rings. The standard InChI is InChI=1S/C14H10BrFN2O3/c15-11-3-2-8(6-9(11)14(20)21)18-12-4-1-7(16)5-10(12)13(17)19/h1-6,18H,(H2,17,19)(H,20,21). The summed E-state index contributed by atoms with van der Waals surface area (Å²) in [6, 6.07) is 8.11. The molecule has 21 heavy (non-hydrogen) atoms. The Morgan fingerprint density at radius 3 is 2.48 bits per heavy atom. The highest BCUT2D eigenvalue weighted by atomic mass is 79.9. The van der Waals surface area contributed by atoms with Crippen molar-refractivity contribution >= 4 is 39.2 Å². The first-order valence-electron chi connectivity index (χ1n) is 5.77. The molecule has 4 N–H and O–H groups in total. The second kappa shape index (κ2) is 5.92. The van der Waals surface area contributed by atoms with E-state index >= 15 is 0 Å². The van der Waals surface area contributed by atoms with Gasteiger partial charge >= 0.3 is 5.97 Å². The summed E-state index contributed by atoms with van der Waals surface area (Å²) in [5.74, 6) is -2.47. The minimum absolute atomic E-state index is 0.0187. The molecule has 0 heterocycles. The van der Waals surface area contributed by atoms with E-state index in [-0.39, 0.29) is 11.1 Å². The van der Waals surface area contributed by atoms with Crippen molar-refractivity contribution in [3.8, 4) is 0 Å². The number of primary amides is 1. The van der Waals surface area contributed by atoms with E-state index in [2.05, 4.69) is 21.2 Å². The Morgan fingerprint density at radius 2 is 1.86 bits per heavy atom. The molecule has 0 radical (unpaired) electrons. The molecular formula is C14H10BrFN2O3. The van der Waals surface area contributed by atoms with Crippen LogP contribution in [0.4, 0.5) is 15.8 Å². The number of nitrogens with one attached hydrogen (secondary N) is 1. The zero-order chi connectivity index (χ0) is 15.6. The van der Waals surface area contributed by atoms with E-state index in [4.69, 9.17) is 10.8 Å². The van der Waals surface area contributed by atoms with Crippen LogP contribution in [-0.2, 0) is 0 Å². The second-order valence-electron chi connectivity index (χ2n) is 4.18. The number of anilines is 2. The molecule has 0 bridgehead atoms. The van der Waals surface area contributed by atoms with Gasteiger partial charge in [0.1, 0.15) is 5.82 Å². The number of halogens is 2. The molecule has 2 rings (SSSR count). The van der Waals surface area contributed by atoms with Crippen LogP contribution >= 0.6 is 15.9 Å². The zero-order valence-electron chi connectivity index (χ0n) is 10.6. The topological polar surface area (TPSA) is 92.4 Å². The van der Waals surface area contributed by atoms with Crippen molar-refractivity contribution in [2.45, 2.75) is 0 Å². The smallest absolute Gasteiger partial charge is 0.336 e. The SMILES string of the molecule is NC(=O)c1cc(F)ccc1Nc1ccc(Br)c(C(=O)O)c1. The van der Waals surface area contributed by atoms with E-state index in [0.717, 1.165) is 6.07 Å². The van der Waals surface area contributed by atoms with E-state index in [9.17, 15) is 14.0 Å². The minimum Gasteiger partial charge on any atom is -0.478 e. The van der Waals surface area contributed by atoms with Crippen molar-refractivity contribution in [2.75, 3.05) is 5.32 Å². The monoisotopic (exact) mass is 352 g/mol. The number of carbonyl (C=O) groups is 2. The number of aromatic carboxylic acids is 1. The fraction of sp³-hybridized carbons (Fsp3) is 0. The van der Waals surface area contributed by atoms with Crippen molar-refractivity contribution in [3.05, 3.63) is 57.8 Å². The summed E-state index contributed by atoms with van der Waals surface area (Å²) in [6.07, 6.45) is 0. The molecule has 0 aliphatic rings. The molecule has 108 valence electrons. The highest BCUT2D eigenvalue weighted by Crippen LogP contribution is 2.26. The number of benzene rings is 2. The van der Waals surface area contributed by atoms with Gasteiger partial charge < -0.3 is 16.2 Å². The lowest BCUT2D eigenvalue weighted by atomic mass is 10.1. The molecule has 7 heteroatoms. The summed E-state index contributed by atoms with van der Waals surface area (Å²) in [5.41, 5.74) is 5.96. The van der Waals surface area contributed by atoms with Gasteiger partial charge in [0.2, 0.25) is 0 Å². The van der Waals surface area contributed by atoms with Gasteiger partial charge in [0.05, 0.1) is 16.8 Å². The third-order valence-corrected chi connectivity index (χ3v) is 3.41. The number of amides is 1. The number of nitrogens with two attached hydrogens (primary N) is 1. The van der Waals surface area contributed by atoms with E-state index in [1.54, 1.807) is 12.1 Å². The van der Waals surface area contributed by atoms with Crippen LogP contribution in [0.5, 0.6) is 0 Å². The maximum atomic E-state index is 13.1. The van der Waals surface area contributed by atoms with Crippen molar-refractivity contribution < 1.29 is 19.1 Å². The molecule has 0 unspecified atom stereocenters. The molecule has 0 spiro atoms. The first kappa shape index (κ1) is 15.0. The molecule has 2 aromatic carbocycles. The molecular weight excluding hydrogens is 343 g/mol.